The standard InChI is InChI=1S/C17H28N4O2/c1-11(2)15-20-17(23-21-15)12-9-13-14(10-12)18-7-5-3-4-6-8-19-16(13)22/h11-14,18H,3-10H2,1-2H3,(H,19,22). The summed E-state index contributed by atoms with van der Waals surface area (Å²) in [6.07, 6.45) is 6.38. The lowest BCUT2D eigenvalue weighted by atomic mass is 10.0. The molecular formula is C17H28N4O2. The number of hydrogen-bond acceptors (Lipinski definition) is 5. The Balaban J connectivity index is 1.70. The molecule has 0 spiro atoms. The number of carbonyl (C=O) groups excluding carboxylic acids is 1. The molecule has 23 heavy (non-hydrogen) atoms. The topological polar surface area (TPSA) is 80.0 Å². The van der Waals surface area contributed by atoms with Gasteiger partial charge in [0.1, 0.15) is 0 Å². The fraction of sp³-hybridized carbons (Fsp3) is 0.824. The van der Waals surface area contributed by atoms with Crippen molar-refractivity contribution < 1.29 is 9.32 Å². The van der Waals surface area contributed by atoms with Crippen molar-refractivity contribution in [2.75, 3.05) is 13.1 Å². The number of nitrogens with one attached hydrogen (secondary N) is 2. The summed E-state index contributed by atoms with van der Waals surface area (Å²) in [5.74, 6) is 2.09. The van der Waals surface area contributed by atoms with Crippen molar-refractivity contribution in [3.05, 3.63) is 11.7 Å². The molecule has 0 bridgehead atoms. The zero-order valence-electron chi connectivity index (χ0n) is 14.2. The van der Waals surface area contributed by atoms with E-state index in [0.29, 0.717) is 5.89 Å². The van der Waals surface area contributed by atoms with E-state index in [1.54, 1.807) is 0 Å². The van der Waals surface area contributed by atoms with Gasteiger partial charge in [-0.05, 0) is 32.2 Å². The summed E-state index contributed by atoms with van der Waals surface area (Å²) in [4.78, 5) is 17.0. The normalized spacial score (nSPS) is 29.9. The van der Waals surface area contributed by atoms with E-state index in [2.05, 4.69) is 34.6 Å². The number of carbonyl (C=O) groups is 1. The van der Waals surface area contributed by atoms with E-state index in [0.717, 1.165) is 38.2 Å². The average molecular weight is 320 g/mol. The summed E-state index contributed by atoms with van der Waals surface area (Å²) < 4.78 is 5.46. The molecule has 128 valence electrons. The monoisotopic (exact) mass is 320 g/mol. The van der Waals surface area contributed by atoms with Gasteiger partial charge in [0.05, 0.1) is 5.92 Å². The van der Waals surface area contributed by atoms with Crippen molar-refractivity contribution in [2.24, 2.45) is 5.92 Å². The Hall–Kier alpha value is -1.43. The van der Waals surface area contributed by atoms with Crippen LogP contribution in [0.1, 0.15) is 75.9 Å². The third-order valence-electron chi connectivity index (χ3n) is 5.03. The Morgan fingerprint density at radius 3 is 2.65 bits per heavy atom. The Labute approximate surface area is 137 Å². The highest BCUT2D eigenvalue weighted by atomic mass is 16.5. The van der Waals surface area contributed by atoms with E-state index in [1.807, 2.05) is 0 Å². The van der Waals surface area contributed by atoms with Gasteiger partial charge in [0, 0.05) is 24.4 Å². The summed E-state index contributed by atoms with van der Waals surface area (Å²) in [6.45, 7) is 5.90. The highest BCUT2D eigenvalue weighted by Gasteiger charge is 2.41. The predicted molar refractivity (Wildman–Crippen MR) is 87.1 cm³/mol. The lowest BCUT2D eigenvalue weighted by Gasteiger charge is -2.19. The van der Waals surface area contributed by atoms with Gasteiger partial charge in [-0.25, -0.2) is 0 Å². The molecule has 3 atom stereocenters. The van der Waals surface area contributed by atoms with Crippen LogP contribution in [0.15, 0.2) is 4.52 Å². The second kappa shape index (κ2) is 7.43. The fourth-order valence-corrected chi connectivity index (χ4v) is 3.64. The van der Waals surface area contributed by atoms with Gasteiger partial charge in [0.15, 0.2) is 5.82 Å². The average Bonchev–Trinajstić information content (AvgIpc) is 3.15. The SMILES string of the molecule is CC(C)c1noc(C2CC3NCCCCCCNC(=O)C3C2)n1. The van der Waals surface area contributed by atoms with Crippen molar-refractivity contribution in [1.29, 1.82) is 0 Å². The first kappa shape index (κ1) is 16.4. The Morgan fingerprint density at radius 1 is 1.13 bits per heavy atom. The molecule has 2 heterocycles. The van der Waals surface area contributed by atoms with Crippen molar-refractivity contribution in [2.45, 2.75) is 70.3 Å². The molecule has 2 N–H and O–H groups in total. The zero-order chi connectivity index (χ0) is 16.2. The van der Waals surface area contributed by atoms with Crippen LogP contribution >= 0.6 is 0 Å². The molecule has 1 aliphatic carbocycles. The van der Waals surface area contributed by atoms with E-state index in [4.69, 9.17) is 4.52 Å². The Kier molecular flexibility index (Phi) is 5.30. The lowest BCUT2D eigenvalue weighted by Crippen LogP contribution is -2.41. The lowest BCUT2D eigenvalue weighted by molar-refractivity contribution is -0.125. The van der Waals surface area contributed by atoms with Crippen molar-refractivity contribution in [3.8, 4) is 0 Å². The second-order valence-corrected chi connectivity index (χ2v) is 7.19. The van der Waals surface area contributed by atoms with Gasteiger partial charge in [0.25, 0.3) is 0 Å². The molecule has 0 radical (unpaired) electrons. The van der Waals surface area contributed by atoms with E-state index in [-0.39, 0.29) is 29.7 Å². The highest BCUT2D eigenvalue weighted by Crippen LogP contribution is 2.38. The molecule has 1 amide bonds. The molecule has 1 aliphatic heterocycles. The smallest absolute Gasteiger partial charge is 0.229 e. The minimum atomic E-state index is 0.00694. The van der Waals surface area contributed by atoms with Crippen LogP contribution in [0.2, 0.25) is 0 Å². The number of rotatable bonds is 2. The van der Waals surface area contributed by atoms with Crippen LogP contribution in [0, 0.1) is 5.92 Å². The van der Waals surface area contributed by atoms with E-state index >= 15 is 0 Å². The maximum absolute atomic E-state index is 12.5. The van der Waals surface area contributed by atoms with Crippen LogP contribution in [-0.2, 0) is 4.79 Å². The molecule has 0 aromatic carbocycles. The van der Waals surface area contributed by atoms with Gasteiger partial charge in [0.2, 0.25) is 11.8 Å². The first-order valence-corrected chi connectivity index (χ1v) is 8.99. The van der Waals surface area contributed by atoms with E-state index in [9.17, 15) is 4.79 Å². The number of fused-ring (bicyclic) bond motifs is 1. The molecule has 6 heteroatoms. The van der Waals surface area contributed by atoms with Crippen LogP contribution in [0.4, 0.5) is 0 Å². The fourth-order valence-electron chi connectivity index (χ4n) is 3.64. The van der Waals surface area contributed by atoms with Crippen molar-refractivity contribution in [1.82, 2.24) is 20.8 Å². The Bertz CT molecular complexity index is 528. The zero-order valence-corrected chi connectivity index (χ0v) is 14.2. The molecule has 1 aromatic rings. The molecule has 3 rings (SSSR count). The minimum absolute atomic E-state index is 0.00694. The number of hydrogen-bond donors (Lipinski definition) is 2. The maximum Gasteiger partial charge on any atom is 0.229 e. The first-order chi connectivity index (χ1) is 11.1. The molecule has 1 saturated carbocycles. The van der Waals surface area contributed by atoms with Gasteiger partial charge < -0.3 is 15.2 Å². The third-order valence-corrected chi connectivity index (χ3v) is 5.03. The van der Waals surface area contributed by atoms with Gasteiger partial charge in [-0.2, -0.15) is 4.98 Å². The number of aromatic nitrogens is 2. The van der Waals surface area contributed by atoms with Gasteiger partial charge >= 0.3 is 0 Å². The Morgan fingerprint density at radius 2 is 1.91 bits per heavy atom. The van der Waals surface area contributed by atoms with Crippen LogP contribution in [0.25, 0.3) is 0 Å². The highest BCUT2D eigenvalue weighted by molar-refractivity contribution is 5.79. The molecule has 2 aliphatic rings. The van der Waals surface area contributed by atoms with Gasteiger partial charge in [-0.15, -0.1) is 0 Å². The summed E-state index contributed by atoms with van der Waals surface area (Å²) in [7, 11) is 0. The summed E-state index contributed by atoms with van der Waals surface area (Å²) in [6, 6.07) is 0.215. The second-order valence-electron chi connectivity index (χ2n) is 7.19. The molecule has 2 fully saturated rings. The molecule has 3 unspecified atom stereocenters. The summed E-state index contributed by atoms with van der Waals surface area (Å²) in [5.41, 5.74) is 0. The van der Waals surface area contributed by atoms with Crippen LogP contribution in [0.3, 0.4) is 0 Å². The number of amides is 1. The molecular weight excluding hydrogens is 292 g/mol. The largest absolute Gasteiger partial charge is 0.356 e. The number of nitrogens with zero attached hydrogens (tertiary/aromatic N) is 2. The van der Waals surface area contributed by atoms with E-state index < -0.39 is 0 Å². The van der Waals surface area contributed by atoms with Gasteiger partial charge in [-0.3, -0.25) is 4.79 Å². The van der Waals surface area contributed by atoms with Crippen molar-refractivity contribution >= 4 is 5.91 Å². The molecule has 1 aromatic heterocycles. The van der Waals surface area contributed by atoms with Crippen molar-refractivity contribution in [3.63, 3.8) is 0 Å². The molecule has 6 nitrogen and oxygen atoms in total. The predicted octanol–water partition coefficient (Wildman–Crippen LogP) is 2.33. The minimum Gasteiger partial charge on any atom is -0.356 e. The maximum atomic E-state index is 12.5. The van der Waals surface area contributed by atoms with Crippen LogP contribution in [-0.4, -0.2) is 35.2 Å². The first-order valence-electron chi connectivity index (χ1n) is 8.99. The van der Waals surface area contributed by atoms with Gasteiger partial charge in [-0.1, -0.05) is 31.8 Å². The summed E-state index contributed by atoms with van der Waals surface area (Å²) in [5, 5.41) is 10.8. The quantitative estimate of drug-likeness (QED) is 0.874. The third kappa shape index (κ3) is 3.91. The molecule has 1 saturated heterocycles. The van der Waals surface area contributed by atoms with Crippen LogP contribution in [0.5, 0.6) is 0 Å². The van der Waals surface area contributed by atoms with Crippen LogP contribution < -0.4 is 10.6 Å². The summed E-state index contributed by atoms with van der Waals surface area (Å²) >= 11 is 0. The van der Waals surface area contributed by atoms with E-state index in [1.165, 1.54) is 19.3 Å².